The molecular weight excluding hydrogens is 624 g/mol. The number of hydrogen-bond donors (Lipinski definition) is 2. The Hall–Kier alpha value is -3.82. The van der Waals surface area contributed by atoms with Gasteiger partial charge in [-0.25, -0.2) is 4.39 Å². The molecule has 2 N–H and O–H groups in total. The smallest absolute Gasteiger partial charge is 0.250 e. The van der Waals surface area contributed by atoms with Crippen LogP contribution in [0, 0.1) is 24.1 Å². The van der Waals surface area contributed by atoms with Crippen LogP contribution in [0.4, 0.5) is 15.8 Å². The number of carbonyl (C=O) groups excluding carboxylic acids is 2. The normalized spacial score (nSPS) is 21.5. The van der Waals surface area contributed by atoms with E-state index in [2.05, 4.69) is 54.2 Å². The fourth-order valence-corrected chi connectivity index (χ4v) is 9.29. The highest BCUT2D eigenvalue weighted by molar-refractivity contribution is 7.99. The molecule has 252 valence electrons. The van der Waals surface area contributed by atoms with Gasteiger partial charge in [0.2, 0.25) is 11.8 Å². The number of para-hydroxylation sites is 1. The number of anilines is 2. The van der Waals surface area contributed by atoms with E-state index < -0.39 is 5.54 Å². The Morgan fingerprint density at radius 2 is 1.69 bits per heavy atom. The zero-order valence-corrected chi connectivity index (χ0v) is 28.9. The van der Waals surface area contributed by atoms with Gasteiger partial charge >= 0.3 is 0 Å². The summed E-state index contributed by atoms with van der Waals surface area (Å²) in [6, 6.07) is 22.8. The minimum Gasteiger partial charge on any atom is -0.378 e. The number of hydrogen-bond acceptors (Lipinski definition) is 5. The largest absolute Gasteiger partial charge is 0.378 e. The van der Waals surface area contributed by atoms with Crippen LogP contribution < -0.4 is 10.2 Å². The second-order valence-corrected chi connectivity index (χ2v) is 15.4. The first kappa shape index (κ1) is 32.7. The van der Waals surface area contributed by atoms with Gasteiger partial charge in [-0.15, -0.1) is 0 Å². The Balaban J connectivity index is 1.18. The number of nitrogens with zero attached hydrogens (tertiary/aromatic N) is 2. The van der Waals surface area contributed by atoms with Crippen molar-refractivity contribution >= 4 is 45.9 Å². The van der Waals surface area contributed by atoms with Crippen molar-refractivity contribution in [2.24, 2.45) is 11.3 Å². The molecule has 7 rings (SSSR count). The fraction of sp³-hybridized carbons (Fsp3) is 0.436. The number of fused-ring (bicyclic) bond motifs is 1. The number of ether oxygens (including phenoxy) is 1. The summed E-state index contributed by atoms with van der Waals surface area (Å²) < 4.78 is 20.7. The van der Waals surface area contributed by atoms with E-state index in [-0.39, 0.29) is 41.4 Å². The van der Waals surface area contributed by atoms with E-state index in [0.29, 0.717) is 43.7 Å². The number of aromatic nitrogens is 1. The number of benzene rings is 3. The number of thioether (sulfide) groups is 1. The molecular formula is C39H45FN4O3S. The van der Waals surface area contributed by atoms with Gasteiger partial charge in [0.15, 0.2) is 0 Å². The van der Waals surface area contributed by atoms with Crippen LogP contribution in [0.15, 0.2) is 72.8 Å². The molecule has 2 atom stereocenters. The van der Waals surface area contributed by atoms with Gasteiger partial charge in [-0.05, 0) is 90.5 Å². The van der Waals surface area contributed by atoms with Crippen LogP contribution in [0.3, 0.4) is 0 Å². The van der Waals surface area contributed by atoms with Crippen LogP contribution in [-0.2, 0) is 20.9 Å². The van der Waals surface area contributed by atoms with Crippen molar-refractivity contribution in [2.45, 2.75) is 58.0 Å². The van der Waals surface area contributed by atoms with Crippen LogP contribution in [0.1, 0.15) is 55.8 Å². The summed E-state index contributed by atoms with van der Waals surface area (Å²) in [5.74, 6) is 1.12. The molecule has 0 unspecified atom stereocenters. The SMILES string of the molecule is Cc1[nH]c2ccccc2c1[C@H]1[C@@H](CC(=O)N(Cc2ccccc2F)C2(C(=O)Nc3ccc(N4CCOCC4)cc3)CCSCC2)C1(C)C. The summed E-state index contributed by atoms with van der Waals surface area (Å²) >= 11 is 1.79. The molecule has 3 aliphatic rings. The van der Waals surface area contributed by atoms with Gasteiger partial charge in [0, 0.05) is 59.6 Å². The van der Waals surface area contributed by atoms with E-state index in [1.807, 2.05) is 30.3 Å². The molecule has 3 heterocycles. The number of rotatable bonds is 9. The summed E-state index contributed by atoms with van der Waals surface area (Å²) in [6.07, 6.45) is 1.31. The number of H-pyrrole nitrogens is 1. The van der Waals surface area contributed by atoms with E-state index in [4.69, 9.17) is 4.74 Å². The highest BCUT2D eigenvalue weighted by Crippen LogP contribution is 2.67. The van der Waals surface area contributed by atoms with E-state index in [0.717, 1.165) is 41.5 Å². The third kappa shape index (κ3) is 6.11. The maximum atomic E-state index is 15.2. The zero-order valence-electron chi connectivity index (χ0n) is 28.1. The molecule has 9 heteroatoms. The lowest BCUT2D eigenvalue weighted by Gasteiger charge is -2.45. The van der Waals surface area contributed by atoms with E-state index in [1.54, 1.807) is 34.9 Å². The molecule has 1 aliphatic carbocycles. The third-order valence-electron chi connectivity index (χ3n) is 11.0. The molecule has 7 nitrogen and oxygen atoms in total. The zero-order chi connectivity index (χ0) is 33.5. The monoisotopic (exact) mass is 668 g/mol. The number of aryl methyl sites for hydroxylation is 1. The summed E-state index contributed by atoms with van der Waals surface area (Å²) in [7, 11) is 0. The second-order valence-electron chi connectivity index (χ2n) is 14.1. The molecule has 48 heavy (non-hydrogen) atoms. The van der Waals surface area contributed by atoms with Crippen LogP contribution in [0.2, 0.25) is 0 Å². The van der Waals surface area contributed by atoms with Gasteiger partial charge in [-0.2, -0.15) is 11.8 Å². The molecule has 2 amide bonds. The van der Waals surface area contributed by atoms with Crippen molar-refractivity contribution in [3.63, 3.8) is 0 Å². The number of amides is 2. The van der Waals surface area contributed by atoms with E-state index >= 15 is 4.39 Å². The first-order chi connectivity index (χ1) is 23.2. The van der Waals surface area contributed by atoms with E-state index in [1.165, 1.54) is 17.0 Å². The average molecular weight is 669 g/mol. The van der Waals surface area contributed by atoms with Crippen molar-refractivity contribution in [2.75, 3.05) is 48.0 Å². The lowest BCUT2D eigenvalue weighted by atomic mass is 9.87. The van der Waals surface area contributed by atoms with Gasteiger partial charge in [0.25, 0.3) is 0 Å². The number of aromatic amines is 1. The van der Waals surface area contributed by atoms with Crippen molar-refractivity contribution in [1.82, 2.24) is 9.88 Å². The molecule has 1 aromatic heterocycles. The van der Waals surface area contributed by atoms with Crippen LogP contribution in [0.25, 0.3) is 10.9 Å². The highest BCUT2D eigenvalue weighted by Gasteiger charge is 2.60. The Morgan fingerprint density at radius 1 is 1.00 bits per heavy atom. The quantitative estimate of drug-likeness (QED) is 0.193. The highest BCUT2D eigenvalue weighted by atomic mass is 32.2. The summed E-state index contributed by atoms with van der Waals surface area (Å²) in [5, 5.41) is 4.38. The molecule has 3 fully saturated rings. The molecule has 0 spiro atoms. The number of halogens is 1. The number of morpholine rings is 1. The van der Waals surface area contributed by atoms with Crippen LogP contribution in [-0.4, -0.2) is 65.0 Å². The molecule has 4 aromatic rings. The lowest BCUT2D eigenvalue weighted by Crippen LogP contribution is -2.60. The Kier molecular flexibility index (Phi) is 9.02. The fourth-order valence-electron chi connectivity index (χ4n) is 8.12. The standard InChI is InChI=1S/C39H45FN4O3S/c1-26-35(30-9-5-7-11-33(30)41-26)36-31(38(36,2)3)24-34(45)44(25-27-8-4-6-10-32(27)40)39(16-22-48-23-17-39)37(46)42-28-12-14-29(15-13-28)43-18-20-47-21-19-43/h4-15,31,36,41H,16-25H2,1-3H3,(H,42,46)/t31-,36-/m1/s1. The summed E-state index contributed by atoms with van der Waals surface area (Å²) in [5.41, 5.74) is 4.50. The Labute approximate surface area is 286 Å². The molecule has 0 radical (unpaired) electrons. The predicted octanol–water partition coefficient (Wildman–Crippen LogP) is 7.52. The van der Waals surface area contributed by atoms with Gasteiger partial charge in [-0.1, -0.05) is 50.2 Å². The number of nitrogens with one attached hydrogen (secondary N) is 2. The molecule has 0 bridgehead atoms. The van der Waals surface area contributed by atoms with Crippen LogP contribution in [0.5, 0.6) is 0 Å². The van der Waals surface area contributed by atoms with Gasteiger partial charge in [0.05, 0.1) is 13.2 Å². The van der Waals surface area contributed by atoms with Crippen molar-refractivity contribution in [3.8, 4) is 0 Å². The first-order valence-corrected chi connectivity index (χ1v) is 18.3. The lowest BCUT2D eigenvalue weighted by molar-refractivity contribution is -0.147. The van der Waals surface area contributed by atoms with Gasteiger partial charge < -0.3 is 24.8 Å². The van der Waals surface area contributed by atoms with Gasteiger partial charge in [0.1, 0.15) is 11.4 Å². The topological polar surface area (TPSA) is 77.7 Å². The summed E-state index contributed by atoms with van der Waals surface area (Å²) in [4.78, 5) is 36.8. The van der Waals surface area contributed by atoms with Crippen LogP contribution >= 0.6 is 11.8 Å². The molecule has 1 saturated carbocycles. The molecule has 2 saturated heterocycles. The second kappa shape index (κ2) is 13.2. The summed E-state index contributed by atoms with van der Waals surface area (Å²) in [6.45, 7) is 9.69. The van der Waals surface area contributed by atoms with Crippen molar-refractivity contribution in [1.29, 1.82) is 0 Å². The van der Waals surface area contributed by atoms with E-state index in [9.17, 15) is 9.59 Å². The third-order valence-corrected chi connectivity index (χ3v) is 12.0. The van der Waals surface area contributed by atoms with Crippen molar-refractivity contribution < 1.29 is 18.7 Å². The minimum absolute atomic E-state index is 0.0451. The maximum Gasteiger partial charge on any atom is 0.250 e. The maximum absolute atomic E-state index is 15.2. The number of carbonyl (C=O) groups is 2. The van der Waals surface area contributed by atoms with Gasteiger partial charge in [-0.3, -0.25) is 9.59 Å². The first-order valence-electron chi connectivity index (χ1n) is 17.1. The molecule has 3 aromatic carbocycles. The predicted molar refractivity (Wildman–Crippen MR) is 192 cm³/mol. The Bertz CT molecular complexity index is 1790. The molecule has 2 aliphatic heterocycles. The average Bonchev–Trinajstić information content (AvgIpc) is 3.45. The minimum atomic E-state index is -1.10. The Morgan fingerprint density at radius 3 is 2.42 bits per heavy atom. The van der Waals surface area contributed by atoms with Crippen molar-refractivity contribution in [3.05, 3.63) is 95.4 Å².